The van der Waals surface area contributed by atoms with E-state index in [1.54, 1.807) is 0 Å². The van der Waals surface area contributed by atoms with Gasteiger partial charge in [-0.3, -0.25) is 9.59 Å². The second kappa shape index (κ2) is 7.96. The first-order valence-corrected chi connectivity index (χ1v) is 9.57. The number of benzene rings is 1. The standard InChI is InChI=1S/C15H19ClN2O5S/c1-2-23-8-3-7-17-15(20)12-5-4-11(10-13(12)16)18-14(19)6-9-24(18,21)22/h4-5,10H,2-3,6-9H2,1H3,(H,17,20). The molecule has 0 radical (unpaired) electrons. The van der Waals surface area contributed by atoms with Crippen LogP contribution in [0.3, 0.4) is 0 Å². The van der Waals surface area contributed by atoms with E-state index in [1.807, 2.05) is 6.92 Å². The second-order valence-corrected chi connectivity index (χ2v) is 7.54. The van der Waals surface area contributed by atoms with Gasteiger partial charge in [0.15, 0.2) is 0 Å². The van der Waals surface area contributed by atoms with E-state index in [0.717, 1.165) is 4.31 Å². The molecule has 7 nitrogen and oxygen atoms in total. The van der Waals surface area contributed by atoms with Gasteiger partial charge in [0.25, 0.3) is 5.91 Å². The van der Waals surface area contributed by atoms with Crippen LogP contribution in [-0.4, -0.2) is 45.7 Å². The van der Waals surface area contributed by atoms with Crippen LogP contribution >= 0.6 is 11.6 Å². The molecule has 1 heterocycles. The Labute approximate surface area is 146 Å². The Bertz CT molecular complexity index is 735. The number of ether oxygens (including phenoxy) is 1. The quantitative estimate of drug-likeness (QED) is 0.731. The molecule has 1 aromatic rings. The summed E-state index contributed by atoms with van der Waals surface area (Å²) in [6.45, 7) is 3.51. The molecule has 1 fully saturated rings. The van der Waals surface area contributed by atoms with E-state index in [0.29, 0.717) is 26.2 Å². The van der Waals surface area contributed by atoms with Crippen LogP contribution in [0.25, 0.3) is 0 Å². The molecule has 0 atom stereocenters. The van der Waals surface area contributed by atoms with E-state index in [9.17, 15) is 18.0 Å². The zero-order chi connectivity index (χ0) is 17.7. The van der Waals surface area contributed by atoms with E-state index in [-0.39, 0.29) is 34.4 Å². The van der Waals surface area contributed by atoms with Gasteiger partial charge in [0.2, 0.25) is 15.9 Å². The van der Waals surface area contributed by atoms with Crippen LogP contribution in [0.5, 0.6) is 0 Å². The highest BCUT2D eigenvalue weighted by atomic mass is 35.5. The Morgan fingerprint density at radius 2 is 2.17 bits per heavy atom. The maximum Gasteiger partial charge on any atom is 0.252 e. The van der Waals surface area contributed by atoms with E-state index in [2.05, 4.69) is 5.32 Å². The number of hydrogen-bond donors (Lipinski definition) is 1. The van der Waals surface area contributed by atoms with Crippen molar-refractivity contribution in [2.75, 3.05) is 29.8 Å². The number of halogens is 1. The smallest absolute Gasteiger partial charge is 0.252 e. The highest BCUT2D eigenvalue weighted by Crippen LogP contribution is 2.29. The molecule has 1 saturated heterocycles. The summed E-state index contributed by atoms with van der Waals surface area (Å²) in [6.07, 6.45) is 0.623. The Kier molecular flexibility index (Phi) is 6.20. The van der Waals surface area contributed by atoms with Gasteiger partial charge in [0, 0.05) is 26.2 Å². The first-order valence-electron chi connectivity index (χ1n) is 7.58. The molecule has 9 heteroatoms. The SMILES string of the molecule is CCOCCCNC(=O)c1ccc(N2C(=O)CCS2(=O)=O)cc1Cl. The molecule has 24 heavy (non-hydrogen) atoms. The van der Waals surface area contributed by atoms with Crippen molar-refractivity contribution in [3.05, 3.63) is 28.8 Å². The largest absolute Gasteiger partial charge is 0.382 e. The molecule has 132 valence electrons. The molecule has 0 aliphatic carbocycles. The van der Waals surface area contributed by atoms with Crippen LogP contribution in [0.15, 0.2) is 18.2 Å². The topological polar surface area (TPSA) is 92.8 Å². The summed E-state index contributed by atoms with van der Waals surface area (Å²) in [6, 6.07) is 4.13. The number of nitrogens with one attached hydrogen (secondary N) is 1. The fourth-order valence-electron chi connectivity index (χ4n) is 2.30. The molecule has 0 saturated carbocycles. The molecule has 0 unspecified atom stereocenters. The lowest BCUT2D eigenvalue weighted by Gasteiger charge is -2.16. The first-order chi connectivity index (χ1) is 11.4. The second-order valence-electron chi connectivity index (χ2n) is 5.19. The Hall–Kier alpha value is -1.64. The van der Waals surface area contributed by atoms with Crippen molar-refractivity contribution >= 4 is 39.1 Å². The third-order valence-electron chi connectivity index (χ3n) is 3.47. The van der Waals surface area contributed by atoms with Gasteiger partial charge < -0.3 is 10.1 Å². The molecule has 1 aliphatic rings. The molecule has 2 rings (SSSR count). The number of carbonyl (C=O) groups is 2. The van der Waals surface area contributed by atoms with Crippen LogP contribution < -0.4 is 9.62 Å². The number of nitrogens with zero attached hydrogens (tertiary/aromatic N) is 1. The maximum absolute atomic E-state index is 12.1. The lowest BCUT2D eigenvalue weighted by molar-refractivity contribution is -0.116. The number of sulfonamides is 1. The molecule has 1 aromatic carbocycles. The first kappa shape index (κ1) is 18.7. The number of amides is 2. The maximum atomic E-state index is 12.1. The molecule has 0 bridgehead atoms. The molecule has 1 aliphatic heterocycles. The average molecular weight is 375 g/mol. The van der Waals surface area contributed by atoms with Crippen molar-refractivity contribution in [2.24, 2.45) is 0 Å². The van der Waals surface area contributed by atoms with Crippen molar-refractivity contribution in [3.8, 4) is 0 Å². The van der Waals surface area contributed by atoms with Gasteiger partial charge in [-0.1, -0.05) is 11.6 Å². The van der Waals surface area contributed by atoms with Crippen LogP contribution in [0, 0.1) is 0 Å². The fourth-order valence-corrected chi connectivity index (χ4v) is 4.01. The number of rotatable bonds is 7. The molecular weight excluding hydrogens is 356 g/mol. The lowest BCUT2D eigenvalue weighted by Crippen LogP contribution is -2.29. The minimum absolute atomic E-state index is 0.0536. The third-order valence-corrected chi connectivity index (χ3v) is 5.47. The van der Waals surface area contributed by atoms with Gasteiger partial charge in [-0.2, -0.15) is 0 Å². The number of anilines is 1. The molecule has 2 amide bonds. The fraction of sp³-hybridized carbons (Fsp3) is 0.467. The summed E-state index contributed by atoms with van der Waals surface area (Å²) in [5.41, 5.74) is 0.372. The van der Waals surface area contributed by atoms with Gasteiger partial charge in [0.05, 0.1) is 22.0 Å². The van der Waals surface area contributed by atoms with E-state index >= 15 is 0 Å². The van der Waals surface area contributed by atoms with Gasteiger partial charge in [-0.25, -0.2) is 12.7 Å². The van der Waals surface area contributed by atoms with Crippen molar-refractivity contribution in [1.29, 1.82) is 0 Å². The summed E-state index contributed by atoms with van der Waals surface area (Å²) in [7, 11) is -3.65. The zero-order valence-electron chi connectivity index (χ0n) is 13.2. The minimum atomic E-state index is -3.65. The van der Waals surface area contributed by atoms with Crippen molar-refractivity contribution in [3.63, 3.8) is 0 Å². The molecule has 0 spiro atoms. The van der Waals surface area contributed by atoms with E-state index in [1.165, 1.54) is 18.2 Å². The monoisotopic (exact) mass is 374 g/mol. The van der Waals surface area contributed by atoms with Crippen LogP contribution in [-0.2, 0) is 19.6 Å². The number of hydrogen-bond acceptors (Lipinski definition) is 5. The van der Waals surface area contributed by atoms with E-state index < -0.39 is 15.9 Å². The summed E-state index contributed by atoms with van der Waals surface area (Å²) < 4.78 is 29.7. The van der Waals surface area contributed by atoms with Crippen molar-refractivity contribution in [1.82, 2.24) is 5.32 Å². The van der Waals surface area contributed by atoms with Crippen LogP contribution in [0.2, 0.25) is 5.02 Å². The van der Waals surface area contributed by atoms with Gasteiger partial charge >= 0.3 is 0 Å². The predicted molar refractivity (Wildman–Crippen MR) is 90.8 cm³/mol. The van der Waals surface area contributed by atoms with Crippen LogP contribution in [0.4, 0.5) is 5.69 Å². The molecular formula is C15H19ClN2O5S. The molecule has 0 aromatic heterocycles. The zero-order valence-corrected chi connectivity index (χ0v) is 14.8. The summed E-state index contributed by atoms with van der Waals surface area (Å²) in [5, 5.41) is 2.80. The highest BCUT2D eigenvalue weighted by Gasteiger charge is 2.36. The lowest BCUT2D eigenvalue weighted by atomic mass is 10.2. The van der Waals surface area contributed by atoms with Crippen LogP contribution in [0.1, 0.15) is 30.1 Å². The van der Waals surface area contributed by atoms with Crippen molar-refractivity contribution in [2.45, 2.75) is 19.8 Å². The van der Waals surface area contributed by atoms with Gasteiger partial charge in [0.1, 0.15) is 0 Å². The third kappa shape index (κ3) is 4.25. The van der Waals surface area contributed by atoms with Gasteiger partial charge in [-0.05, 0) is 31.5 Å². The number of carbonyl (C=O) groups excluding carboxylic acids is 2. The van der Waals surface area contributed by atoms with Crippen molar-refractivity contribution < 1.29 is 22.7 Å². The Balaban J connectivity index is 2.07. The minimum Gasteiger partial charge on any atom is -0.382 e. The Morgan fingerprint density at radius 3 is 2.75 bits per heavy atom. The summed E-state index contributed by atoms with van der Waals surface area (Å²) in [5.74, 6) is -1.08. The van der Waals surface area contributed by atoms with Gasteiger partial charge in [-0.15, -0.1) is 0 Å². The predicted octanol–water partition coefficient (Wildman–Crippen LogP) is 1.56. The van der Waals surface area contributed by atoms with E-state index in [4.69, 9.17) is 16.3 Å². The summed E-state index contributed by atoms with van der Waals surface area (Å²) >= 11 is 6.09. The average Bonchev–Trinajstić information content (AvgIpc) is 2.80. The normalized spacial score (nSPS) is 16.4. The Morgan fingerprint density at radius 1 is 1.42 bits per heavy atom. The summed E-state index contributed by atoms with van der Waals surface area (Å²) in [4.78, 5) is 23.8. The highest BCUT2D eigenvalue weighted by molar-refractivity contribution is 7.94. The molecule has 1 N–H and O–H groups in total.